The van der Waals surface area contributed by atoms with E-state index in [0.717, 1.165) is 24.3 Å². The summed E-state index contributed by atoms with van der Waals surface area (Å²) in [6.07, 6.45) is 0. The van der Waals surface area contributed by atoms with Crippen LogP contribution in [0.4, 0.5) is 16.5 Å². The van der Waals surface area contributed by atoms with Gasteiger partial charge in [-0.15, -0.1) is 10.2 Å². The maximum absolute atomic E-state index is 6.59. The zero-order valence-electron chi connectivity index (χ0n) is 18.9. The molecule has 33 heavy (non-hydrogen) atoms. The number of hydrogen-bond donors (Lipinski definition) is 0. The smallest absolute Gasteiger partial charge is 0.249 e. The fourth-order valence-corrected chi connectivity index (χ4v) is 5.43. The first kappa shape index (κ1) is 22.4. The molecule has 0 spiro atoms. The molecule has 3 saturated heterocycles. The fraction of sp³-hybridized carbons (Fsp3) is 0.417. The van der Waals surface area contributed by atoms with Gasteiger partial charge in [0.1, 0.15) is 5.69 Å². The van der Waals surface area contributed by atoms with Crippen LogP contribution in [0, 0.1) is 0 Å². The molecule has 0 amide bonds. The second-order valence-corrected chi connectivity index (χ2v) is 9.90. The highest BCUT2D eigenvalue weighted by atomic mass is 35.5. The Morgan fingerprint density at radius 1 is 1.06 bits per heavy atom. The van der Waals surface area contributed by atoms with E-state index >= 15 is 0 Å². The van der Waals surface area contributed by atoms with Crippen LogP contribution in [0.3, 0.4) is 0 Å². The molecule has 4 heterocycles. The Kier molecular flexibility index (Phi) is 6.69. The highest BCUT2D eigenvalue weighted by Gasteiger charge is 2.38. The minimum atomic E-state index is 0.514. The molecule has 3 fully saturated rings. The first-order valence-corrected chi connectivity index (χ1v) is 12.7. The van der Waals surface area contributed by atoms with Gasteiger partial charge in [0.05, 0.1) is 37.7 Å². The second-order valence-electron chi connectivity index (χ2n) is 8.76. The van der Waals surface area contributed by atoms with Crippen molar-refractivity contribution in [1.82, 2.24) is 14.3 Å². The van der Waals surface area contributed by atoms with Crippen LogP contribution in [0.25, 0.3) is 11.4 Å². The van der Waals surface area contributed by atoms with E-state index in [4.69, 9.17) is 11.6 Å². The summed E-state index contributed by atoms with van der Waals surface area (Å²) in [6, 6.07) is 15.9. The molecule has 2 aromatic carbocycles. The number of rotatable bonds is 8. The molecule has 7 nitrogen and oxygen atoms in total. The number of aromatic nitrogens is 2. The van der Waals surface area contributed by atoms with E-state index in [1.807, 2.05) is 42.5 Å². The third-order valence-electron chi connectivity index (χ3n) is 6.88. The topological polar surface area (TPSA) is 57.0 Å². The van der Waals surface area contributed by atoms with Crippen LogP contribution in [-0.2, 0) is 0 Å². The summed E-state index contributed by atoms with van der Waals surface area (Å²) in [4.78, 5) is 9.47. The lowest BCUT2D eigenvalue weighted by Crippen LogP contribution is -2.68. The molecule has 2 bridgehead atoms. The van der Waals surface area contributed by atoms with E-state index in [1.165, 1.54) is 61.8 Å². The maximum Gasteiger partial charge on any atom is 0.249 e. The molecule has 0 aliphatic carbocycles. The van der Waals surface area contributed by atoms with Crippen LogP contribution >= 0.6 is 23.1 Å². The molecule has 9 heteroatoms. The van der Waals surface area contributed by atoms with Gasteiger partial charge in [-0.1, -0.05) is 41.9 Å². The van der Waals surface area contributed by atoms with Gasteiger partial charge in [-0.3, -0.25) is 4.90 Å². The van der Waals surface area contributed by atoms with E-state index in [1.54, 1.807) is 0 Å². The molecule has 0 saturated carbocycles. The number of hydrogen-bond acceptors (Lipinski definition) is 7. The molecule has 6 rings (SSSR count). The maximum atomic E-state index is 6.59. The average Bonchev–Trinajstić information content (AvgIpc) is 3.35. The van der Waals surface area contributed by atoms with Crippen LogP contribution in [0.2, 0.25) is 5.02 Å². The van der Waals surface area contributed by atoms with E-state index in [0.29, 0.717) is 21.7 Å². The van der Waals surface area contributed by atoms with Gasteiger partial charge in [0.2, 0.25) is 5.13 Å². The van der Waals surface area contributed by atoms with Gasteiger partial charge in [0.15, 0.2) is 5.82 Å². The lowest BCUT2D eigenvalue weighted by atomic mass is 10.1. The quantitative estimate of drug-likeness (QED) is 0.325. The van der Waals surface area contributed by atoms with Crippen molar-refractivity contribution in [1.29, 1.82) is 0 Å². The fourth-order valence-electron chi connectivity index (χ4n) is 4.70. The standard InChI is InChI=1S/C24H29ClN7S/c1-2-31(13-17-32-14-10-30(11-15-32)12-16-32)20-8-9-22(21(25)18-20)27-28-24-26-23(29-33-24)19-6-4-3-5-7-19/h3-9,18H,2,10-17H2,1H3/q+1/b28-27+. The number of fused-ring (bicyclic) bond motifs is 3. The van der Waals surface area contributed by atoms with Crippen LogP contribution < -0.4 is 4.90 Å². The van der Waals surface area contributed by atoms with Crippen LogP contribution in [0.1, 0.15) is 6.92 Å². The van der Waals surface area contributed by atoms with Crippen molar-refractivity contribution in [2.45, 2.75) is 6.92 Å². The molecule has 3 aliphatic rings. The predicted molar refractivity (Wildman–Crippen MR) is 135 cm³/mol. The van der Waals surface area contributed by atoms with Crippen molar-refractivity contribution in [3.8, 4) is 11.4 Å². The largest absolute Gasteiger partial charge is 0.366 e. The summed E-state index contributed by atoms with van der Waals surface area (Å²) in [7, 11) is 0. The Morgan fingerprint density at radius 3 is 2.52 bits per heavy atom. The van der Waals surface area contributed by atoms with Crippen molar-refractivity contribution in [3.63, 3.8) is 0 Å². The van der Waals surface area contributed by atoms with Crippen molar-refractivity contribution < 1.29 is 4.48 Å². The Morgan fingerprint density at radius 2 is 1.82 bits per heavy atom. The first-order valence-electron chi connectivity index (χ1n) is 11.6. The molecule has 172 valence electrons. The van der Waals surface area contributed by atoms with Crippen molar-refractivity contribution in [3.05, 3.63) is 53.6 Å². The minimum Gasteiger partial charge on any atom is -0.366 e. The Balaban J connectivity index is 1.24. The molecular weight excluding hydrogens is 454 g/mol. The van der Waals surface area contributed by atoms with Crippen LogP contribution in [0.15, 0.2) is 58.8 Å². The second kappa shape index (κ2) is 9.85. The van der Waals surface area contributed by atoms with Gasteiger partial charge in [0, 0.05) is 49.0 Å². The van der Waals surface area contributed by atoms with Gasteiger partial charge >= 0.3 is 0 Å². The molecule has 3 aliphatic heterocycles. The molecule has 0 radical (unpaired) electrons. The molecule has 0 unspecified atom stereocenters. The number of nitrogens with zero attached hydrogens (tertiary/aromatic N) is 7. The van der Waals surface area contributed by atoms with E-state index in [2.05, 4.69) is 42.4 Å². The third-order valence-corrected chi connectivity index (χ3v) is 7.79. The predicted octanol–water partition coefficient (Wildman–Crippen LogP) is 5.25. The van der Waals surface area contributed by atoms with Gasteiger partial charge in [0.25, 0.3) is 0 Å². The number of benzene rings is 2. The number of anilines is 1. The van der Waals surface area contributed by atoms with Crippen molar-refractivity contribution in [2.24, 2.45) is 10.2 Å². The zero-order valence-corrected chi connectivity index (χ0v) is 20.5. The molecule has 0 atom stereocenters. The minimum absolute atomic E-state index is 0.514. The molecule has 0 N–H and O–H groups in total. The zero-order chi connectivity index (χ0) is 22.7. The number of halogens is 1. The van der Waals surface area contributed by atoms with Crippen molar-refractivity contribution in [2.75, 3.05) is 63.8 Å². The van der Waals surface area contributed by atoms with E-state index in [-0.39, 0.29) is 0 Å². The van der Waals surface area contributed by atoms with Gasteiger partial charge in [-0.2, -0.15) is 9.36 Å². The Hall–Kier alpha value is -2.39. The summed E-state index contributed by atoms with van der Waals surface area (Å²) in [5.41, 5.74) is 2.74. The SMILES string of the molecule is CCN(CC[N+]12CCN(CC1)CC2)c1ccc(/N=N/c2nc(-c3ccccc3)ns2)c(Cl)c1. The van der Waals surface area contributed by atoms with Gasteiger partial charge < -0.3 is 9.38 Å². The summed E-state index contributed by atoms with van der Waals surface area (Å²) in [6.45, 7) is 13.0. The number of piperazine rings is 3. The van der Waals surface area contributed by atoms with Crippen molar-refractivity contribution >= 4 is 39.6 Å². The summed E-state index contributed by atoms with van der Waals surface area (Å²) in [5.74, 6) is 0.663. The van der Waals surface area contributed by atoms with Crippen LogP contribution in [-0.4, -0.2) is 77.6 Å². The Bertz CT molecular complexity index is 1100. The summed E-state index contributed by atoms with van der Waals surface area (Å²) >= 11 is 7.81. The summed E-state index contributed by atoms with van der Waals surface area (Å²) < 4.78 is 5.64. The van der Waals surface area contributed by atoms with Gasteiger partial charge in [-0.25, -0.2) is 0 Å². The van der Waals surface area contributed by atoms with Gasteiger partial charge in [-0.05, 0) is 25.1 Å². The molecular formula is C24H29ClN7S+. The lowest BCUT2D eigenvalue weighted by Gasteiger charge is -2.51. The van der Waals surface area contributed by atoms with Crippen LogP contribution in [0.5, 0.6) is 0 Å². The van der Waals surface area contributed by atoms with E-state index < -0.39 is 0 Å². The third kappa shape index (κ3) is 5.09. The van der Waals surface area contributed by atoms with E-state index in [9.17, 15) is 0 Å². The first-order chi connectivity index (χ1) is 16.1. The Labute approximate surface area is 204 Å². The highest BCUT2D eigenvalue weighted by Crippen LogP contribution is 2.32. The average molecular weight is 483 g/mol. The normalized spacial score (nSPS) is 22.2. The number of azo groups is 1. The molecule has 3 aromatic rings. The number of quaternary nitrogens is 1. The summed E-state index contributed by atoms with van der Waals surface area (Å²) in [5, 5.41) is 9.71. The highest BCUT2D eigenvalue weighted by molar-refractivity contribution is 7.09. The number of likely N-dealkylation sites (N-methyl/N-ethyl adjacent to an activating group) is 1. The lowest BCUT2D eigenvalue weighted by molar-refractivity contribution is -0.939. The monoisotopic (exact) mass is 482 g/mol. The molecule has 1 aromatic heterocycles.